The first-order valence-corrected chi connectivity index (χ1v) is 8.93. The van der Waals surface area contributed by atoms with E-state index in [0.717, 1.165) is 18.4 Å². The van der Waals surface area contributed by atoms with Crippen LogP contribution in [0, 0.1) is 5.92 Å². The number of amides is 3. The third-order valence-electron chi connectivity index (χ3n) is 3.50. The fourth-order valence-electron chi connectivity index (χ4n) is 1.79. The number of carbonyl (C=O) groups excluding carboxylic acids is 5. The highest BCUT2D eigenvalue weighted by Crippen LogP contribution is 2.12. The number of rotatable bonds is 10. The Morgan fingerprint density at radius 1 is 1.16 bits per heavy atom. The standard InChI is InChI=1S/C15H23N3O6S/c1-3-10(2)15(23)16-8-7-14(22)25-17-9-6-13(21)24-18-11(19)4-5-12(18)20/h10,17H,3-9H2,1-2H3,(H,16,23)/t10-/m0/s1. The van der Waals surface area contributed by atoms with E-state index in [2.05, 4.69) is 14.9 Å². The van der Waals surface area contributed by atoms with Crippen LogP contribution >= 0.6 is 11.9 Å². The smallest absolute Gasteiger partial charge is 0.334 e. The second-order valence-corrected chi connectivity index (χ2v) is 6.46. The molecule has 0 aromatic rings. The van der Waals surface area contributed by atoms with Crippen molar-refractivity contribution in [2.24, 2.45) is 5.92 Å². The first kappa shape index (κ1) is 21.1. The molecule has 0 aromatic carbocycles. The molecule has 0 radical (unpaired) electrons. The molecule has 1 atom stereocenters. The van der Waals surface area contributed by atoms with Crippen LogP contribution in [-0.4, -0.2) is 47.0 Å². The van der Waals surface area contributed by atoms with Crippen molar-refractivity contribution in [3.63, 3.8) is 0 Å². The molecule has 25 heavy (non-hydrogen) atoms. The van der Waals surface area contributed by atoms with E-state index >= 15 is 0 Å². The van der Waals surface area contributed by atoms with Crippen molar-refractivity contribution in [2.45, 2.75) is 46.0 Å². The predicted octanol–water partition coefficient (Wildman–Crippen LogP) is 0.300. The lowest BCUT2D eigenvalue weighted by molar-refractivity contribution is -0.197. The second-order valence-electron chi connectivity index (χ2n) is 5.51. The van der Waals surface area contributed by atoms with Gasteiger partial charge in [0.1, 0.15) is 0 Å². The lowest BCUT2D eigenvalue weighted by atomic mass is 10.1. The van der Waals surface area contributed by atoms with Crippen molar-refractivity contribution < 1.29 is 28.8 Å². The van der Waals surface area contributed by atoms with Crippen molar-refractivity contribution in [2.75, 3.05) is 13.1 Å². The van der Waals surface area contributed by atoms with Gasteiger partial charge in [-0.2, -0.15) is 0 Å². The molecule has 2 N–H and O–H groups in total. The van der Waals surface area contributed by atoms with Gasteiger partial charge in [0.05, 0.1) is 6.42 Å². The monoisotopic (exact) mass is 373 g/mol. The minimum atomic E-state index is -0.732. The highest BCUT2D eigenvalue weighted by molar-refractivity contribution is 8.11. The highest BCUT2D eigenvalue weighted by atomic mass is 32.2. The molecule has 1 saturated heterocycles. The van der Waals surface area contributed by atoms with Gasteiger partial charge in [-0.05, 0) is 18.4 Å². The number of hydrogen-bond acceptors (Lipinski definition) is 8. The summed E-state index contributed by atoms with van der Waals surface area (Å²) in [5, 5.41) is 2.99. The molecule has 3 amide bonds. The van der Waals surface area contributed by atoms with Gasteiger partial charge in [-0.1, -0.05) is 13.8 Å². The number of carbonyl (C=O) groups is 5. The average molecular weight is 373 g/mol. The zero-order valence-electron chi connectivity index (χ0n) is 14.3. The minimum absolute atomic E-state index is 0.0439. The van der Waals surface area contributed by atoms with E-state index in [-0.39, 0.29) is 55.7 Å². The Hall–Kier alpha value is -1.94. The Morgan fingerprint density at radius 2 is 1.80 bits per heavy atom. The molecule has 1 heterocycles. The summed E-state index contributed by atoms with van der Waals surface area (Å²) in [6, 6.07) is 0. The predicted molar refractivity (Wildman–Crippen MR) is 89.5 cm³/mol. The summed E-state index contributed by atoms with van der Waals surface area (Å²) in [6.07, 6.45) is 0.897. The molecule has 1 rings (SSSR count). The fourth-order valence-corrected chi connectivity index (χ4v) is 2.36. The normalized spacial score (nSPS) is 15.2. The minimum Gasteiger partial charge on any atom is -0.355 e. The van der Waals surface area contributed by atoms with Gasteiger partial charge >= 0.3 is 5.97 Å². The van der Waals surface area contributed by atoms with E-state index in [0.29, 0.717) is 5.06 Å². The SMILES string of the molecule is CC[C@H](C)C(=O)NCCC(=O)SNCCC(=O)ON1C(=O)CCC1=O. The van der Waals surface area contributed by atoms with Crippen LogP contribution in [0.3, 0.4) is 0 Å². The first-order valence-electron chi connectivity index (χ1n) is 8.12. The summed E-state index contributed by atoms with van der Waals surface area (Å²) in [4.78, 5) is 61.9. The fraction of sp³-hybridized carbons (Fsp3) is 0.667. The van der Waals surface area contributed by atoms with Crippen molar-refractivity contribution in [3.05, 3.63) is 0 Å². The summed E-state index contributed by atoms with van der Waals surface area (Å²) in [5.74, 6) is -1.96. The van der Waals surface area contributed by atoms with Gasteiger partial charge in [-0.15, -0.1) is 5.06 Å². The maximum absolute atomic E-state index is 11.6. The molecule has 0 spiro atoms. The van der Waals surface area contributed by atoms with Gasteiger partial charge in [-0.3, -0.25) is 23.9 Å². The van der Waals surface area contributed by atoms with Crippen LogP contribution < -0.4 is 10.0 Å². The number of hydroxylamine groups is 2. The molecule has 140 valence electrons. The topological polar surface area (TPSA) is 122 Å². The van der Waals surface area contributed by atoms with E-state index in [1.165, 1.54) is 0 Å². The summed E-state index contributed by atoms with van der Waals surface area (Å²) in [7, 11) is 0. The van der Waals surface area contributed by atoms with Crippen molar-refractivity contribution in [1.29, 1.82) is 0 Å². The van der Waals surface area contributed by atoms with E-state index in [1.54, 1.807) is 0 Å². The Kier molecular flexibility index (Phi) is 9.14. The van der Waals surface area contributed by atoms with Gasteiger partial charge in [0.15, 0.2) is 0 Å². The van der Waals surface area contributed by atoms with Gasteiger partial charge in [0, 0.05) is 38.3 Å². The van der Waals surface area contributed by atoms with E-state index in [4.69, 9.17) is 0 Å². The summed E-state index contributed by atoms with van der Waals surface area (Å²) < 4.78 is 2.70. The van der Waals surface area contributed by atoms with Crippen LogP contribution in [0.5, 0.6) is 0 Å². The zero-order chi connectivity index (χ0) is 18.8. The van der Waals surface area contributed by atoms with Gasteiger partial charge in [0.2, 0.25) is 11.0 Å². The van der Waals surface area contributed by atoms with Crippen molar-refractivity contribution in [3.8, 4) is 0 Å². The lowest BCUT2D eigenvalue weighted by Gasteiger charge is -2.12. The van der Waals surface area contributed by atoms with Crippen LogP contribution in [0.15, 0.2) is 0 Å². The first-order chi connectivity index (χ1) is 11.8. The van der Waals surface area contributed by atoms with Gasteiger partial charge in [-0.25, -0.2) is 4.79 Å². The molecule has 0 aliphatic carbocycles. The van der Waals surface area contributed by atoms with Crippen molar-refractivity contribution in [1.82, 2.24) is 15.1 Å². The third-order valence-corrected chi connectivity index (χ3v) is 4.28. The second kappa shape index (κ2) is 10.8. The van der Waals surface area contributed by atoms with Crippen LogP contribution in [0.25, 0.3) is 0 Å². The molecular formula is C15H23N3O6S. The molecule has 9 nitrogen and oxygen atoms in total. The molecule has 10 heteroatoms. The number of nitrogens with one attached hydrogen (secondary N) is 2. The van der Waals surface area contributed by atoms with Crippen LogP contribution in [0.2, 0.25) is 0 Å². The van der Waals surface area contributed by atoms with Crippen LogP contribution in [-0.2, 0) is 28.8 Å². The Morgan fingerprint density at radius 3 is 2.40 bits per heavy atom. The number of hydrogen-bond donors (Lipinski definition) is 2. The number of imide groups is 1. The van der Waals surface area contributed by atoms with Crippen molar-refractivity contribution >= 4 is 40.8 Å². The van der Waals surface area contributed by atoms with Gasteiger partial charge < -0.3 is 10.2 Å². The Balaban J connectivity index is 2.09. The Bertz CT molecular complexity index is 523. The molecule has 0 aromatic heterocycles. The summed E-state index contributed by atoms with van der Waals surface area (Å²) in [5.41, 5.74) is 0. The largest absolute Gasteiger partial charge is 0.355 e. The molecule has 0 unspecified atom stereocenters. The summed E-state index contributed by atoms with van der Waals surface area (Å²) in [6.45, 7) is 4.13. The Labute approximate surface area is 150 Å². The van der Waals surface area contributed by atoms with Crippen LogP contribution in [0.4, 0.5) is 0 Å². The van der Waals surface area contributed by atoms with E-state index in [9.17, 15) is 24.0 Å². The average Bonchev–Trinajstić information content (AvgIpc) is 2.89. The zero-order valence-corrected chi connectivity index (χ0v) is 15.1. The molecule has 1 fully saturated rings. The lowest BCUT2D eigenvalue weighted by Crippen LogP contribution is -2.32. The number of nitrogens with zero attached hydrogens (tertiary/aromatic N) is 1. The maximum Gasteiger partial charge on any atom is 0.334 e. The molecule has 1 aliphatic rings. The molecule has 1 aliphatic heterocycles. The molecule has 0 bridgehead atoms. The third kappa shape index (κ3) is 7.65. The molecular weight excluding hydrogens is 350 g/mol. The molecule has 0 saturated carbocycles. The quantitative estimate of drug-likeness (QED) is 0.319. The maximum atomic E-state index is 11.6. The highest BCUT2D eigenvalue weighted by Gasteiger charge is 2.32. The van der Waals surface area contributed by atoms with Crippen LogP contribution in [0.1, 0.15) is 46.0 Å². The van der Waals surface area contributed by atoms with Gasteiger partial charge in [0.25, 0.3) is 11.8 Å². The van der Waals surface area contributed by atoms with E-state index < -0.39 is 17.8 Å². The van der Waals surface area contributed by atoms with E-state index in [1.807, 2.05) is 13.8 Å². The summed E-state index contributed by atoms with van der Waals surface area (Å²) >= 11 is 0.833.